The summed E-state index contributed by atoms with van der Waals surface area (Å²) in [5, 5.41) is 10.5. The number of rotatable bonds is 4. The summed E-state index contributed by atoms with van der Waals surface area (Å²) < 4.78 is 6.39. The number of aromatic nitrogens is 3. The first-order chi connectivity index (χ1) is 11.0. The Hall–Kier alpha value is -3.42. The van der Waals surface area contributed by atoms with Gasteiger partial charge in [-0.05, 0) is 25.1 Å². The number of hydrogen-bond acceptors (Lipinski definition) is 5. The van der Waals surface area contributed by atoms with Crippen molar-refractivity contribution in [2.24, 2.45) is 5.73 Å². The number of aryl methyl sites for hydroxylation is 1. The van der Waals surface area contributed by atoms with Crippen molar-refractivity contribution in [3.8, 4) is 5.69 Å². The van der Waals surface area contributed by atoms with Crippen LogP contribution in [0.5, 0.6) is 0 Å². The summed E-state index contributed by atoms with van der Waals surface area (Å²) in [7, 11) is 0. The molecule has 0 saturated heterocycles. The molecule has 8 heteroatoms. The number of hydrogen-bond donors (Lipinski definition) is 2. The molecule has 23 heavy (non-hydrogen) atoms. The van der Waals surface area contributed by atoms with E-state index in [1.807, 2.05) is 0 Å². The topological polar surface area (TPSA) is 116 Å². The molecule has 3 aromatic rings. The highest BCUT2D eigenvalue weighted by molar-refractivity contribution is 6.03. The van der Waals surface area contributed by atoms with Gasteiger partial charge in [-0.25, -0.2) is 4.68 Å². The minimum absolute atomic E-state index is 0.107. The van der Waals surface area contributed by atoms with Crippen LogP contribution in [0.4, 0.5) is 5.69 Å². The predicted molar refractivity (Wildman–Crippen MR) is 81.3 cm³/mol. The quantitative estimate of drug-likeness (QED) is 0.757. The van der Waals surface area contributed by atoms with Crippen molar-refractivity contribution in [3.05, 3.63) is 59.7 Å². The molecule has 0 aliphatic heterocycles. The second-order valence-corrected chi connectivity index (χ2v) is 4.81. The molecule has 0 spiro atoms. The van der Waals surface area contributed by atoms with Crippen LogP contribution in [0.1, 0.15) is 26.7 Å². The monoisotopic (exact) mass is 311 g/mol. The lowest BCUT2D eigenvalue weighted by atomic mass is 10.2. The Balaban J connectivity index is 1.91. The van der Waals surface area contributed by atoms with E-state index in [2.05, 4.69) is 15.6 Å². The highest BCUT2D eigenvalue weighted by atomic mass is 16.5. The predicted octanol–water partition coefficient (Wildman–Crippen LogP) is 1.52. The third-order valence-electron chi connectivity index (χ3n) is 3.09. The van der Waals surface area contributed by atoms with Crippen LogP contribution in [-0.2, 0) is 0 Å². The average molecular weight is 311 g/mol. The molecule has 0 bridgehead atoms. The molecule has 0 saturated carbocycles. The lowest BCUT2D eigenvalue weighted by Crippen LogP contribution is -2.14. The number of amides is 2. The zero-order valence-corrected chi connectivity index (χ0v) is 12.2. The molecule has 3 N–H and O–H groups in total. The van der Waals surface area contributed by atoms with Gasteiger partial charge in [-0.15, -0.1) is 0 Å². The summed E-state index contributed by atoms with van der Waals surface area (Å²) >= 11 is 0. The van der Waals surface area contributed by atoms with E-state index in [4.69, 9.17) is 10.3 Å². The van der Waals surface area contributed by atoms with Gasteiger partial charge in [0.2, 0.25) is 5.76 Å². The van der Waals surface area contributed by atoms with Gasteiger partial charge in [0.15, 0.2) is 0 Å². The molecule has 0 fully saturated rings. The van der Waals surface area contributed by atoms with Gasteiger partial charge < -0.3 is 15.6 Å². The van der Waals surface area contributed by atoms with Crippen molar-refractivity contribution >= 4 is 17.5 Å². The van der Waals surface area contributed by atoms with Crippen molar-refractivity contribution in [2.45, 2.75) is 6.92 Å². The molecule has 0 unspecified atom stereocenters. The highest BCUT2D eigenvalue weighted by Gasteiger charge is 2.15. The Morgan fingerprint density at radius 2 is 2.04 bits per heavy atom. The van der Waals surface area contributed by atoms with E-state index < -0.39 is 11.8 Å². The number of carbonyl (C=O) groups excluding carboxylic acids is 2. The van der Waals surface area contributed by atoms with Gasteiger partial charge in [0.1, 0.15) is 5.69 Å². The smallest absolute Gasteiger partial charge is 0.294 e. The maximum absolute atomic E-state index is 12.2. The lowest BCUT2D eigenvalue weighted by Gasteiger charge is -2.09. The van der Waals surface area contributed by atoms with Crippen LogP contribution >= 0.6 is 0 Å². The van der Waals surface area contributed by atoms with Gasteiger partial charge in [0.25, 0.3) is 11.8 Å². The Kier molecular flexibility index (Phi) is 3.63. The summed E-state index contributed by atoms with van der Waals surface area (Å²) in [5.74, 6) is -0.946. The summed E-state index contributed by atoms with van der Waals surface area (Å²) in [4.78, 5) is 23.3. The van der Waals surface area contributed by atoms with E-state index in [9.17, 15) is 9.59 Å². The van der Waals surface area contributed by atoms with Crippen molar-refractivity contribution in [3.63, 3.8) is 0 Å². The van der Waals surface area contributed by atoms with Gasteiger partial charge >= 0.3 is 0 Å². The number of primary amides is 1. The number of anilines is 1. The van der Waals surface area contributed by atoms with Crippen LogP contribution in [0.15, 0.2) is 47.1 Å². The summed E-state index contributed by atoms with van der Waals surface area (Å²) in [6.07, 6.45) is 1.59. The fourth-order valence-electron chi connectivity index (χ4n) is 2.02. The normalized spacial score (nSPS) is 10.5. The first-order valence-corrected chi connectivity index (χ1v) is 6.74. The van der Waals surface area contributed by atoms with Crippen LogP contribution in [0.2, 0.25) is 0 Å². The molecular weight excluding hydrogens is 298 g/mol. The molecule has 1 aromatic carbocycles. The SMILES string of the molecule is Cc1cc(C(=O)Nc2ccccc2-n2ccc(C(N)=O)n2)on1. The molecular formula is C15H13N5O3. The molecule has 0 radical (unpaired) electrons. The second-order valence-electron chi connectivity index (χ2n) is 4.81. The molecule has 0 atom stereocenters. The van der Waals surface area contributed by atoms with Gasteiger partial charge in [0.05, 0.1) is 17.1 Å². The van der Waals surface area contributed by atoms with Gasteiger partial charge in [-0.3, -0.25) is 9.59 Å². The molecule has 3 rings (SSSR count). The largest absolute Gasteiger partial charge is 0.364 e. The van der Waals surface area contributed by atoms with Gasteiger partial charge in [0, 0.05) is 12.3 Å². The number of nitrogens with two attached hydrogens (primary N) is 1. The second kappa shape index (κ2) is 5.76. The fourth-order valence-corrected chi connectivity index (χ4v) is 2.02. The lowest BCUT2D eigenvalue weighted by molar-refractivity contribution is 0.0982. The minimum atomic E-state index is -0.623. The number of benzene rings is 1. The summed E-state index contributed by atoms with van der Waals surface area (Å²) in [6, 6.07) is 10.1. The Morgan fingerprint density at radius 1 is 1.26 bits per heavy atom. The number of nitrogens with one attached hydrogen (secondary N) is 1. The van der Waals surface area contributed by atoms with E-state index in [0.29, 0.717) is 17.1 Å². The van der Waals surface area contributed by atoms with Crippen LogP contribution in [0.3, 0.4) is 0 Å². The number of para-hydroxylation sites is 2. The standard InChI is InChI=1S/C15H13N5O3/c1-9-8-13(23-19-9)15(22)17-10-4-2-3-5-12(10)20-7-6-11(18-20)14(16)21/h2-8H,1H3,(H2,16,21)(H,17,22). The van der Waals surface area contributed by atoms with Crippen LogP contribution < -0.4 is 11.1 Å². The Bertz CT molecular complexity index is 881. The van der Waals surface area contributed by atoms with Crippen LogP contribution in [-0.4, -0.2) is 26.8 Å². The maximum atomic E-state index is 12.2. The molecule has 2 aromatic heterocycles. The minimum Gasteiger partial charge on any atom is -0.364 e. The Labute approximate surface area is 130 Å². The zero-order chi connectivity index (χ0) is 16.4. The van der Waals surface area contributed by atoms with Gasteiger partial charge in [-0.1, -0.05) is 17.3 Å². The third kappa shape index (κ3) is 2.95. The fraction of sp³-hybridized carbons (Fsp3) is 0.0667. The molecule has 116 valence electrons. The number of carbonyl (C=O) groups is 2. The van der Waals surface area contributed by atoms with Crippen molar-refractivity contribution < 1.29 is 14.1 Å². The zero-order valence-electron chi connectivity index (χ0n) is 12.2. The van der Waals surface area contributed by atoms with Crippen molar-refractivity contribution in [1.29, 1.82) is 0 Å². The van der Waals surface area contributed by atoms with Crippen LogP contribution in [0, 0.1) is 6.92 Å². The van der Waals surface area contributed by atoms with E-state index in [1.165, 1.54) is 16.8 Å². The Morgan fingerprint density at radius 3 is 2.70 bits per heavy atom. The molecule has 0 aliphatic rings. The molecule has 8 nitrogen and oxygen atoms in total. The maximum Gasteiger partial charge on any atom is 0.294 e. The summed E-state index contributed by atoms with van der Waals surface area (Å²) in [6.45, 7) is 1.73. The van der Waals surface area contributed by atoms with Crippen molar-refractivity contribution in [2.75, 3.05) is 5.32 Å². The number of nitrogens with zero attached hydrogens (tertiary/aromatic N) is 3. The third-order valence-corrected chi connectivity index (χ3v) is 3.09. The first kappa shape index (κ1) is 14.5. The molecule has 2 amide bonds. The van der Waals surface area contributed by atoms with Crippen LogP contribution in [0.25, 0.3) is 5.69 Å². The van der Waals surface area contributed by atoms with Gasteiger partial charge in [-0.2, -0.15) is 5.10 Å². The molecule has 0 aliphatic carbocycles. The van der Waals surface area contributed by atoms with E-state index >= 15 is 0 Å². The van der Waals surface area contributed by atoms with E-state index in [-0.39, 0.29) is 11.5 Å². The first-order valence-electron chi connectivity index (χ1n) is 6.74. The molecule has 2 heterocycles. The average Bonchev–Trinajstić information content (AvgIpc) is 3.17. The van der Waals surface area contributed by atoms with Crippen molar-refractivity contribution in [1.82, 2.24) is 14.9 Å². The summed E-state index contributed by atoms with van der Waals surface area (Å²) in [5.41, 5.74) is 7.04. The highest BCUT2D eigenvalue weighted by Crippen LogP contribution is 2.20. The van der Waals surface area contributed by atoms with E-state index in [1.54, 1.807) is 37.4 Å². The van der Waals surface area contributed by atoms with E-state index in [0.717, 1.165) is 0 Å².